The lowest BCUT2D eigenvalue weighted by Gasteiger charge is -2.30. The number of thiophene rings is 1. The molecule has 0 amide bonds. The quantitative estimate of drug-likeness (QED) is 0.471. The van der Waals surface area contributed by atoms with Crippen molar-refractivity contribution in [2.45, 2.75) is 69.9 Å². The molecule has 2 aliphatic heterocycles. The van der Waals surface area contributed by atoms with Crippen LogP contribution >= 0.6 is 11.3 Å². The summed E-state index contributed by atoms with van der Waals surface area (Å²) >= 11 is 1.50. The molecule has 212 valence electrons. The molecule has 3 aliphatic rings. The smallest absolute Gasteiger partial charge is 0.237 e. The maximum atomic E-state index is 9.88. The first kappa shape index (κ1) is 27.0. The van der Waals surface area contributed by atoms with Gasteiger partial charge in [-0.3, -0.25) is 0 Å². The third-order valence-electron chi connectivity index (χ3n) is 8.56. The van der Waals surface area contributed by atoms with E-state index in [1.807, 2.05) is 6.07 Å². The minimum atomic E-state index is -0.577. The molecule has 0 saturated carbocycles. The summed E-state index contributed by atoms with van der Waals surface area (Å²) in [4.78, 5) is 15.8. The first-order chi connectivity index (χ1) is 19.4. The van der Waals surface area contributed by atoms with Crippen LogP contribution in [0.25, 0.3) is 11.5 Å². The SMILES string of the molecule is C[C@H]1CN(C)CCCN1c1cc(OC2CCCNC2)cc(-c2noc([C@@]3(C)CCCc4sc(N)c(C#N)c43)n2)n1. The van der Waals surface area contributed by atoms with Crippen LogP contribution in [0.3, 0.4) is 0 Å². The highest BCUT2D eigenvalue weighted by atomic mass is 32.1. The lowest BCUT2D eigenvalue weighted by molar-refractivity contribution is 0.167. The number of pyridine rings is 1. The van der Waals surface area contributed by atoms with E-state index < -0.39 is 5.41 Å². The van der Waals surface area contributed by atoms with Crippen LogP contribution in [0.5, 0.6) is 5.75 Å². The molecular weight excluding hydrogens is 524 g/mol. The fourth-order valence-electron chi connectivity index (χ4n) is 6.51. The van der Waals surface area contributed by atoms with Crippen LogP contribution in [0.2, 0.25) is 0 Å². The van der Waals surface area contributed by atoms with E-state index in [0.29, 0.717) is 34.0 Å². The molecule has 3 atom stereocenters. The number of anilines is 2. The summed E-state index contributed by atoms with van der Waals surface area (Å²) < 4.78 is 12.4. The number of fused-ring (bicyclic) bond motifs is 1. The van der Waals surface area contributed by atoms with Crippen LogP contribution in [-0.4, -0.2) is 71.9 Å². The van der Waals surface area contributed by atoms with Gasteiger partial charge in [-0.2, -0.15) is 10.2 Å². The monoisotopic (exact) mass is 562 g/mol. The highest BCUT2D eigenvalue weighted by molar-refractivity contribution is 7.16. The highest BCUT2D eigenvalue weighted by Crippen LogP contribution is 2.48. The summed E-state index contributed by atoms with van der Waals surface area (Å²) in [5.74, 6) is 2.56. The predicted molar refractivity (Wildman–Crippen MR) is 156 cm³/mol. The molecule has 3 aromatic rings. The molecular formula is C29H38N8O2S. The number of hydrogen-bond donors (Lipinski definition) is 2. The zero-order valence-electron chi connectivity index (χ0n) is 23.6. The van der Waals surface area contributed by atoms with E-state index in [9.17, 15) is 5.26 Å². The van der Waals surface area contributed by atoms with E-state index in [1.54, 1.807) is 0 Å². The zero-order valence-corrected chi connectivity index (χ0v) is 24.4. The van der Waals surface area contributed by atoms with E-state index in [0.717, 1.165) is 93.3 Å². The summed E-state index contributed by atoms with van der Waals surface area (Å²) in [6, 6.07) is 6.61. The van der Waals surface area contributed by atoms with Gasteiger partial charge >= 0.3 is 0 Å². The summed E-state index contributed by atoms with van der Waals surface area (Å²) in [6.45, 7) is 9.13. The first-order valence-electron chi connectivity index (χ1n) is 14.4. The molecule has 0 spiro atoms. The van der Waals surface area contributed by atoms with Crippen LogP contribution in [-0.2, 0) is 11.8 Å². The number of aromatic nitrogens is 3. The number of nitrogens with zero attached hydrogens (tertiary/aromatic N) is 6. The van der Waals surface area contributed by atoms with Crippen molar-refractivity contribution < 1.29 is 9.26 Å². The maximum absolute atomic E-state index is 9.88. The normalized spacial score (nSPS) is 25.7. The Morgan fingerprint density at radius 3 is 2.92 bits per heavy atom. The van der Waals surface area contributed by atoms with Gasteiger partial charge in [-0.05, 0) is 72.5 Å². The number of nitrogens with one attached hydrogen (secondary N) is 1. The number of hydrogen-bond acceptors (Lipinski definition) is 11. The van der Waals surface area contributed by atoms with E-state index in [1.165, 1.54) is 11.3 Å². The molecule has 2 saturated heterocycles. The third-order valence-corrected chi connectivity index (χ3v) is 9.64. The number of nitrogen functional groups attached to an aromatic ring is 1. The van der Waals surface area contributed by atoms with Gasteiger partial charge in [-0.25, -0.2) is 4.98 Å². The van der Waals surface area contributed by atoms with Crippen LogP contribution in [0.4, 0.5) is 10.8 Å². The van der Waals surface area contributed by atoms with Crippen molar-refractivity contribution in [2.75, 3.05) is 50.4 Å². The molecule has 6 rings (SSSR count). The van der Waals surface area contributed by atoms with Crippen molar-refractivity contribution in [3.63, 3.8) is 0 Å². The molecule has 10 nitrogen and oxygen atoms in total. The van der Waals surface area contributed by atoms with Gasteiger partial charge in [-0.15, -0.1) is 11.3 Å². The maximum Gasteiger partial charge on any atom is 0.237 e. The Labute approximate surface area is 239 Å². The zero-order chi connectivity index (χ0) is 27.9. The van der Waals surface area contributed by atoms with Gasteiger partial charge in [0.25, 0.3) is 0 Å². The van der Waals surface area contributed by atoms with E-state index in [-0.39, 0.29) is 6.10 Å². The molecule has 11 heteroatoms. The number of likely N-dealkylation sites (N-methyl/N-ethyl adjacent to an activating group) is 1. The second-order valence-corrected chi connectivity index (χ2v) is 12.8. The van der Waals surface area contributed by atoms with Gasteiger partial charge in [0.1, 0.15) is 34.4 Å². The van der Waals surface area contributed by atoms with Crippen LogP contribution < -0.4 is 20.7 Å². The third kappa shape index (κ3) is 5.04. The minimum Gasteiger partial charge on any atom is -0.489 e. The van der Waals surface area contributed by atoms with Gasteiger partial charge in [-0.1, -0.05) is 5.16 Å². The Bertz CT molecular complexity index is 1410. The van der Waals surface area contributed by atoms with Crippen LogP contribution in [0, 0.1) is 11.3 Å². The van der Waals surface area contributed by atoms with Crippen molar-refractivity contribution >= 4 is 22.2 Å². The molecule has 0 bridgehead atoms. The topological polar surface area (TPSA) is 129 Å². The van der Waals surface area contributed by atoms with E-state index in [4.69, 9.17) is 25.0 Å². The molecule has 5 heterocycles. The average Bonchev–Trinajstić information content (AvgIpc) is 3.52. The number of nitrogens with two attached hydrogens (primary N) is 1. The molecule has 2 fully saturated rings. The predicted octanol–water partition coefficient (Wildman–Crippen LogP) is 3.95. The standard InChI is InChI=1S/C29H38N8O2S/c1-18-17-36(3)11-6-12-37(18)24-14-20(38-19-7-5-10-32-16-19)13-22(33-24)27-34-28(39-35-27)29(2)9-4-8-23-25(29)21(15-30)26(31)40-23/h13-14,18-19,32H,4-12,16-17,31H2,1-3H3/t18-,19?,29-/m0/s1. The Morgan fingerprint density at radius 2 is 2.12 bits per heavy atom. The van der Waals surface area contributed by atoms with E-state index in [2.05, 4.69) is 53.3 Å². The lowest BCUT2D eigenvalue weighted by Crippen LogP contribution is -2.39. The Hall–Kier alpha value is -3.20. The molecule has 1 unspecified atom stereocenters. The fourth-order valence-corrected chi connectivity index (χ4v) is 7.70. The van der Waals surface area contributed by atoms with Crippen molar-refractivity contribution in [3.05, 3.63) is 34.0 Å². The second-order valence-electron chi connectivity index (χ2n) is 11.7. The van der Waals surface area contributed by atoms with Gasteiger partial charge in [0, 0.05) is 48.2 Å². The van der Waals surface area contributed by atoms with Crippen LogP contribution in [0.15, 0.2) is 16.7 Å². The number of nitriles is 1. The largest absolute Gasteiger partial charge is 0.489 e. The van der Waals surface area contributed by atoms with Crippen LogP contribution in [0.1, 0.15) is 67.8 Å². The van der Waals surface area contributed by atoms with Gasteiger partial charge < -0.3 is 30.1 Å². The molecule has 0 aromatic carbocycles. The second kappa shape index (κ2) is 11.0. The van der Waals surface area contributed by atoms with Gasteiger partial charge in [0.2, 0.25) is 11.7 Å². The fraction of sp³-hybridized carbons (Fsp3) is 0.586. The van der Waals surface area contributed by atoms with Gasteiger partial charge in [0.05, 0.1) is 11.0 Å². The number of piperidine rings is 1. The van der Waals surface area contributed by atoms with Crippen molar-refractivity contribution in [1.82, 2.24) is 25.3 Å². The highest BCUT2D eigenvalue weighted by Gasteiger charge is 2.43. The first-order valence-corrected chi connectivity index (χ1v) is 15.2. The summed E-state index contributed by atoms with van der Waals surface area (Å²) in [7, 11) is 2.17. The summed E-state index contributed by atoms with van der Waals surface area (Å²) in [5.41, 5.74) is 7.76. The molecule has 40 heavy (non-hydrogen) atoms. The lowest BCUT2D eigenvalue weighted by atomic mass is 9.72. The molecule has 1 aliphatic carbocycles. The molecule has 3 aromatic heterocycles. The van der Waals surface area contributed by atoms with Gasteiger partial charge in [0.15, 0.2) is 0 Å². The minimum absolute atomic E-state index is 0.110. The van der Waals surface area contributed by atoms with Crippen molar-refractivity contribution in [3.8, 4) is 23.3 Å². The Kier molecular flexibility index (Phi) is 7.42. The van der Waals surface area contributed by atoms with Crippen molar-refractivity contribution in [2.24, 2.45) is 0 Å². The number of rotatable bonds is 5. The summed E-state index contributed by atoms with van der Waals surface area (Å²) in [5, 5.41) is 18.3. The Balaban J connectivity index is 1.38. The van der Waals surface area contributed by atoms with E-state index >= 15 is 0 Å². The number of aryl methyl sites for hydroxylation is 1. The number of ether oxygens (including phenoxy) is 1. The Morgan fingerprint density at radius 1 is 1.25 bits per heavy atom. The average molecular weight is 563 g/mol. The molecule has 0 radical (unpaired) electrons. The summed E-state index contributed by atoms with van der Waals surface area (Å²) in [6.07, 6.45) is 5.97. The molecule has 3 N–H and O–H groups in total. The van der Waals surface area contributed by atoms with Crippen molar-refractivity contribution in [1.29, 1.82) is 5.26 Å².